The molecule has 1 aromatic carbocycles. The van der Waals surface area contributed by atoms with E-state index in [1.165, 1.54) is 0 Å². The third-order valence-electron chi connectivity index (χ3n) is 4.64. The Bertz CT molecular complexity index is 591. The molecule has 1 fully saturated rings. The maximum absolute atomic E-state index is 12.7. The van der Waals surface area contributed by atoms with Crippen molar-refractivity contribution >= 4 is 11.8 Å². The molecule has 0 aromatic heterocycles. The second-order valence-electron chi connectivity index (χ2n) is 6.33. The Morgan fingerprint density at radius 2 is 1.96 bits per heavy atom. The van der Waals surface area contributed by atoms with Crippen LogP contribution in [-0.4, -0.2) is 57.2 Å². The maximum atomic E-state index is 12.7. The summed E-state index contributed by atoms with van der Waals surface area (Å²) in [4.78, 5) is 27.0. The van der Waals surface area contributed by atoms with Gasteiger partial charge >= 0.3 is 0 Å². The first-order valence-corrected chi connectivity index (χ1v) is 8.70. The van der Waals surface area contributed by atoms with Crippen molar-refractivity contribution in [1.29, 1.82) is 0 Å². The zero-order chi connectivity index (χ0) is 18.2. The molecular formula is C19H28N2O4. The Hall–Kier alpha value is -1.92. The minimum atomic E-state index is -0.381. The van der Waals surface area contributed by atoms with Crippen LogP contribution in [0.1, 0.15) is 30.0 Å². The van der Waals surface area contributed by atoms with E-state index in [9.17, 15) is 9.59 Å². The molecule has 1 aliphatic heterocycles. The molecule has 6 heteroatoms. The molecule has 1 aliphatic rings. The first-order valence-electron chi connectivity index (χ1n) is 8.70. The lowest BCUT2D eigenvalue weighted by Gasteiger charge is -2.29. The number of amides is 2. The van der Waals surface area contributed by atoms with Gasteiger partial charge < -0.3 is 19.7 Å². The van der Waals surface area contributed by atoms with Crippen molar-refractivity contribution in [2.45, 2.75) is 25.8 Å². The van der Waals surface area contributed by atoms with Crippen molar-refractivity contribution in [2.75, 3.05) is 40.5 Å². The molecule has 2 amide bonds. The lowest BCUT2D eigenvalue weighted by Crippen LogP contribution is -2.37. The number of hydrogen-bond donors (Lipinski definition) is 1. The van der Waals surface area contributed by atoms with Crippen LogP contribution in [0.2, 0.25) is 0 Å². The van der Waals surface area contributed by atoms with Crippen LogP contribution >= 0.6 is 0 Å². The minimum Gasteiger partial charge on any atom is -0.385 e. The molecule has 1 saturated heterocycles. The molecule has 1 heterocycles. The Balaban J connectivity index is 2.20. The van der Waals surface area contributed by atoms with E-state index in [0.29, 0.717) is 26.3 Å². The molecule has 1 N–H and O–H groups in total. The molecular weight excluding hydrogens is 320 g/mol. The SMILES string of the molecule is COCCCNC(=O)[C@@H]1CC(=O)N(CCOC)[C@H]1c1ccccc1C. The van der Waals surface area contributed by atoms with Crippen LogP contribution in [0, 0.1) is 12.8 Å². The van der Waals surface area contributed by atoms with Gasteiger partial charge in [0.25, 0.3) is 0 Å². The van der Waals surface area contributed by atoms with Gasteiger partial charge in [-0.25, -0.2) is 0 Å². The van der Waals surface area contributed by atoms with Crippen LogP contribution in [0.25, 0.3) is 0 Å². The van der Waals surface area contributed by atoms with E-state index in [0.717, 1.165) is 17.5 Å². The molecule has 1 aromatic rings. The second-order valence-corrected chi connectivity index (χ2v) is 6.33. The minimum absolute atomic E-state index is 0.00217. The first-order chi connectivity index (χ1) is 12.1. The van der Waals surface area contributed by atoms with Crippen molar-refractivity contribution in [1.82, 2.24) is 10.2 Å². The molecule has 0 aliphatic carbocycles. The van der Waals surface area contributed by atoms with E-state index in [2.05, 4.69) is 5.32 Å². The molecule has 0 unspecified atom stereocenters. The summed E-state index contributed by atoms with van der Waals surface area (Å²) in [7, 11) is 3.25. The number of methoxy groups -OCH3 is 2. The van der Waals surface area contributed by atoms with Gasteiger partial charge in [0.05, 0.1) is 18.6 Å². The van der Waals surface area contributed by atoms with Gasteiger partial charge in [-0.1, -0.05) is 24.3 Å². The van der Waals surface area contributed by atoms with Crippen LogP contribution in [0.15, 0.2) is 24.3 Å². The zero-order valence-electron chi connectivity index (χ0n) is 15.3. The highest BCUT2D eigenvalue weighted by atomic mass is 16.5. The van der Waals surface area contributed by atoms with Crippen LogP contribution in [0.4, 0.5) is 0 Å². The van der Waals surface area contributed by atoms with E-state index >= 15 is 0 Å². The number of nitrogens with one attached hydrogen (secondary N) is 1. The molecule has 2 rings (SSSR count). The third-order valence-corrected chi connectivity index (χ3v) is 4.64. The van der Waals surface area contributed by atoms with Gasteiger partial charge in [0, 0.05) is 40.3 Å². The number of rotatable bonds is 9. The Morgan fingerprint density at radius 3 is 2.64 bits per heavy atom. The first kappa shape index (κ1) is 19.4. The summed E-state index contributed by atoms with van der Waals surface area (Å²) in [6, 6.07) is 7.69. The van der Waals surface area contributed by atoms with Crippen molar-refractivity contribution in [2.24, 2.45) is 5.92 Å². The number of benzene rings is 1. The smallest absolute Gasteiger partial charge is 0.226 e. The second kappa shape index (κ2) is 9.53. The van der Waals surface area contributed by atoms with Crippen molar-refractivity contribution in [3.05, 3.63) is 35.4 Å². The Morgan fingerprint density at radius 1 is 1.24 bits per heavy atom. The number of carbonyl (C=O) groups excluding carboxylic acids is 2. The lowest BCUT2D eigenvalue weighted by atomic mass is 9.90. The standard InChI is InChI=1S/C19H28N2O4/c1-14-7-4-5-8-15(14)18-16(19(23)20-9-6-11-24-2)13-17(22)21(18)10-12-25-3/h4-5,7-8,16,18H,6,9-13H2,1-3H3,(H,20,23)/t16-,18+/m1/s1. The van der Waals surface area contributed by atoms with E-state index in [-0.39, 0.29) is 30.2 Å². The summed E-state index contributed by atoms with van der Waals surface area (Å²) in [5.41, 5.74) is 2.11. The summed E-state index contributed by atoms with van der Waals surface area (Å²) in [5.74, 6) is -0.451. The normalized spacial score (nSPS) is 20.1. The topological polar surface area (TPSA) is 67.9 Å². The highest BCUT2D eigenvalue weighted by molar-refractivity contribution is 5.90. The van der Waals surface area contributed by atoms with Gasteiger partial charge in [-0.15, -0.1) is 0 Å². The fraction of sp³-hybridized carbons (Fsp3) is 0.579. The fourth-order valence-corrected chi connectivity index (χ4v) is 3.34. The molecule has 0 radical (unpaired) electrons. The Kier molecular flexibility index (Phi) is 7.40. The molecule has 6 nitrogen and oxygen atoms in total. The molecule has 2 atom stereocenters. The quantitative estimate of drug-likeness (QED) is 0.690. The average molecular weight is 348 g/mol. The fourth-order valence-electron chi connectivity index (χ4n) is 3.34. The maximum Gasteiger partial charge on any atom is 0.226 e. The summed E-state index contributed by atoms with van der Waals surface area (Å²) < 4.78 is 10.2. The summed E-state index contributed by atoms with van der Waals surface area (Å²) in [6.45, 7) is 4.11. The lowest BCUT2D eigenvalue weighted by molar-refractivity contribution is -0.129. The van der Waals surface area contributed by atoms with E-state index in [1.54, 1.807) is 19.1 Å². The molecule has 25 heavy (non-hydrogen) atoms. The zero-order valence-corrected chi connectivity index (χ0v) is 15.3. The molecule has 0 bridgehead atoms. The van der Waals surface area contributed by atoms with Crippen molar-refractivity contribution in [3.63, 3.8) is 0 Å². The largest absolute Gasteiger partial charge is 0.385 e. The van der Waals surface area contributed by atoms with Gasteiger partial charge in [-0.2, -0.15) is 0 Å². The average Bonchev–Trinajstić information content (AvgIpc) is 2.93. The van der Waals surface area contributed by atoms with Gasteiger partial charge in [-0.05, 0) is 24.5 Å². The third kappa shape index (κ3) is 4.80. The van der Waals surface area contributed by atoms with Gasteiger partial charge in [0.2, 0.25) is 11.8 Å². The number of hydrogen-bond acceptors (Lipinski definition) is 4. The number of likely N-dealkylation sites (tertiary alicyclic amines) is 1. The van der Waals surface area contributed by atoms with Crippen LogP contribution in [0.5, 0.6) is 0 Å². The van der Waals surface area contributed by atoms with Crippen LogP contribution in [0.3, 0.4) is 0 Å². The van der Waals surface area contributed by atoms with Gasteiger partial charge in [-0.3, -0.25) is 9.59 Å². The number of aryl methyl sites for hydroxylation is 1. The summed E-state index contributed by atoms with van der Waals surface area (Å²) in [6.07, 6.45) is 0.990. The van der Waals surface area contributed by atoms with E-state index in [4.69, 9.17) is 9.47 Å². The van der Waals surface area contributed by atoms with Gasteiger partial charge in [0.1, 0.15) is 0 Å². The summed E-state index contributed by atoms with van der Waals surface area (Å²) >= 11 is 0. The van der Waals surface area contributed by atoms with Crippen molar-refractivity contribution < 1.29 is 19.1 Å². The number of ether oxygens (including phenoxy) is 2. The van der Waals surface area contributed by atoms with Crippen LogP contribution in [-0.2, 0) is 19.1 Å². The Labute approximate surface area is 149 Å². The highest BCUT2D eigenvalue weighted by Gasteiger charge is 2.44. The van der Waals surface area contributed by atoms with E-state index in [1.807, 2.05) is 31.2 Å². The summed E-state index contributed by atoms with van der Waals surface area (Å²) in [5, 5.41) is 2.95. The molecule has 138 valence electrons. The van der Waals surface area contributed by atoms with E-state index < -0.39 is 0 Å². The monoisotopic (exact) mass is 348 g/mol. The van der Waals surface area contributed by atoms with Gasteiger partial charge in [0.15, 0.2) is 0 Å². The predicted molar refractivity (Wildman–Crippen MR) is 95.1 cm³/mol. The molecule has 0 spiro atoms. The molecule has 0 saturated carbocycles. The highest BCUT2D eigenvalue weighted by Crippen LogP contribution is 2.39. The van der Waals surface area contributed by atoms with Crippen LogP contribution < -0.4 is 5.32 Å². The predicted octanol–water partition coefficient (Wildman–Crippen LogP) is 1.68. The number of carbonyl (C=O) groups is 2. The van der Waals surface area contributed by atoms with Crippen molar-refractivity contribution in [3.8, 4) is 0 Å². The number of nitrogens with zero attached hydrogens (tertiary/aromatic N) is 1.